The van der Waals surface area contributed by atoms with Crippen molar-refractivity contribution >= 4 is 67.3 Å². The second-order valence-corrected chi connectivity index (χ2v) is 2.02. The van der Waals surface area contributed by atoms with Gasteiger partial charge in [0.25, 0.3) is 0 Å². The van der Waals surface area contributed by atoms with Gasteiger partial charge in [-0.2, -0.15) is 0 Å². The Bertz CT molecular complexity index is 142. The SMILES string of the molecule is Brc1cc[c]nc1.[KH]. The zero-order chi connectivity index (χ0) is 5.11. The molecule has 0 amide bonds. The van der Waals surface area contributed by atoms with Crippen molar-refractivity contribution in [2.24, 2.45) is 0 Å². The third kappa shape index (κ3) is 3.32. The summed E-state index contributed by atoms with van der Waals surface area (Å²) in [4.78, 5) is 3.71. The van der Waals surface area contributed by atoms with E-state index in [4.69, 9.17) is 0 Å². The Morgan fingerprint density at radius 2 is 2.38 bits per heavy atom. The van der Waals surface area contributed by atoms with Crippen LogP contribution in [-0.2, 0) is 0 Å². The average Bonchev–Trinajstić information content (AvgIpc) is 1.69. The maximum atomic E-state index is 3.71. The Balaban J connectivity index is 0.000000490. The molecule has 1 nitrogen and oxygen atoms in total. The first-order valence-electron chi connectivity index (χ1n) is 1.87. The zero-order valence-electron chi connectivity index (χ0n) is 3.56. The molecule has 8 heavy (non-hydrogen) atoms. The molecule has 1 aromatic rings. The van der Waals surface area contributed by atoms with Crippen LogP contribution < -0.4 is 0 Å². The van der Waals surface area contributed by atoms with E-state index in [1.54, 1.807) is 12.3 Å². The summed E-state index contributed by atoms with van der Waals surface area (Å²) in [5.74, 6) is 0. The van der Waals surface area contributed by atoms with Crippen LogP contribution >= 0.6 is 15.9 Å². The molecule has 0 unspecified atom stereocenters. The van der Waals surface area contributed by atoms with Gasteiger partial charge in [0.05, 0.1) is 6.20 Å². The van der Waals surface area contributed by atoms with E-state index >= 15 is 0 Å². The fourth-order valence-electron chi connectivity index (χ4n) is 0.302. The molecule has 1 radical (unpaired) electrons. The van der Waals surface area contributed by atoms with Crippen LogP contribution in [0.1, 0.15) is 0 Å². The number of hydrogen-bond donors (Lipinski definition) is 0. The van der Waals surface area contributed by atoms with Crippen LogP contribution in [0.5, 0.6) is 0 Å². The quantitative estimate of drug-likeness (QED) is 0.565. The van der Waals surface area contributed by atoms with Crippen molar-refractivity contribution in [2.45, 2.75) is 0 Å². The minimum absolute atomic E-state index is 0. The molecule has 0 aliphatic heterocycles. The molecule has 37 valence electrons. The second-order valence-electron chi connectivity index (χ2n) is 1.11. The van der Waals surface area contributed by atoms with Gasteiger partial charge in [-0.25, -0.2) is 0 Å². The summed E-state index contributed by atoms with van der Waals surface area (Å²) >= 11 is 3.23. The van der Waals surface area contributed by atoms with Gasteiger partial charge in [-0.1, -0.05) is 0 Å². The molecule has 0 saturated heterocycles. The predicted molar refractivity (Wildman–Crippen MR) is 37.9 cm³/mol. The first-order chi connectivity index (χ1) is 3.39. The topological polar surface area (TPSA) is 12.9 Å². The van der Waals surface area contributed by atoms with Crippen LogP contribution in [0.15, 0.2) is 22.8 Å². The van der Waals surface area contributed by atoms with E-state index in [1.165, 1.54) is 0 Å². The van der Waals surface area contributed by atoms with Gasteiger partial charge in [-0.05, 0) is 28.1 Å². The first-order valence-corrected chi connectivity index (χ1v) is 2.66. The van der Waals surface area contributed by atoms with Crippen LogP contribution in [-0.4, -0.2) is 56.4 Å². The number of nitrogens with zero attached hydrogens (tertiary/aromatic N) is 1. The minimum atomic E-state index is 0. The monoisotopic (exact) mass is 196 g/mol. The second kappa shape index (κ2) is 5.08. The number of hydrogen-bond acceptors (Lipinski definition) is 1. The summed E-state index contributed by atoms with van der Waals surface area (Å²) in [5.41, 5.74) is 0. The molecule has 0 saturated carbocycles. The molecule has 0 aliphatic carbocycles. The van der Waals surface area contributed by atoms with Gasteiger partial charge >= 0.3 is 51.4 Å². The van der Waals surface area contributed by atoms with Crippen molar-refractivity contribution < 1.29 is 0 Å². The van der Waals surface area contributed by atoms with Gasteiger partial charge in [-0.3, -0.25) is 4.98 Å². The van der Waals surface area contributed by atoms with Crippen molar-refractivity contribution in [2.75, 3.05) is 0 Å². The molecule has 1 aromatic heterocycles. The average molecular weight is 197 g/mol. The molecule has 0 spiro atoms. The zero-order valence-corrected chi connectivity index (χ0v) is 5.14. The molecule has 3 heteroatoms. The van der Waals surface area contributed by atoms with Crippen molar-refractivity contribution in [1.82, 2.24) is 4.98 Å². The van der Waals surface area contributed by atoms with Crippen LogP contribution in [0.2, 0.25) is 0 Å². The predicted octanol–water partition coefficient (Wildman–Crippen LogP) is 0.996. The van der Waals surface area contributed by atoms with E-state index in [1.807, 2.05) is 6.07 Å². The summed E-state index contributed by atoms with van der Waals surface area (Å²) in [7, 11) is 0. The maximum absolute atomic E-state index is 3.71. The first kappa shape index (κ1) is 9.27. The van der Waals surface area contributed by atoms with Gasteiger partial charge in [0.2, 0.25) is 0 Å². The van der Waals surface area contributed by atoms with Crippen LogP contribution in [0.25, 0.3) is 0 Å². The van der Waals surface area contributed by atoms with E-state index in [-0.39, 0.29) is 51.4 Å². The van der Waals surface area contributed by atoms with Crippen molar-refractivity contribution in [3.63, 3.8) is 0 Å². The van der Waals surface area contributed by atoms with E-state index in [0.717, 1.165) is 4.47 Å². The molecular formula is C5H4BrKN. The Kier molecular flexibility index (Phi) is 5.89. The molecule has 1 heterocycles. The van der Waals surface area contributed by atoms with E-state index in [0.29, 0.717) is 0 Å². The third-order valence-electron chi connectivity index (χ3n) is 0.580. The summed E-state index contributed by atoms with van der Waals surface area (Å²) in [6.45, 7) is 0. The molecule has 1 rings (SSSR count). The fraction of sp³-hybridized carbons (Fsp3) is 0. The van der Waals surface area contributed by atoms with Crippen LogP contribution in [0, 0.1) is 6.20 Å². The van der Waals surface area contributed by atoms with Crippen LogP contribution in [0.3, 0.4) is 0 Å². The summed E-state index contributed by atoms with van der Waals surface area (Å²) in [5, 5.41) is 0. The Morgan fingerprint density at radius 1 is 1.62 bits per heavy atom. The molecule has 0 N–H and O–H groups in total. The summed E-state index contributed by atoms with van der Waals surface area (Å²) in [6, 6.07) is 3.64. The molecule has 0 aromatic carbocycles. The van der Waals surface area contributed by atoms with Crippen molar-refractivity contribution in [3.8, 4) is 0 Å². The van der Waals surface area contributed by atoms with Gasteiger partial charge in [0.1, 0.15) is 0 Å². The van der Waals surface area contributed by atoms with E-state index < -0.39 is 0 Å². The van der Waals surface area contributed by atoms with Gasteiger partial charge in [-0.15, -0.1) is 0 Å². The Hall–Kier alpha value is 1.27. The summed E-state index contributed by atoms with van der Waals surface area (Å²) < 4.78 is 0.992. The Labute approximate surface area is 99.4 Å². The summed E-state index contributed by atoms with van der Waals surface area (Å²) in [6.07, 6.45) is 4.35. The number of rotatable bonds is 0. The molecule has 0 atom stereocenters. The fourth-order valence-corrected chi connectivity index (χ4v) is 0.536. The van der Waals surface area contributed by atoms with Gasteiger partial charge in [0.15, 0.2) is 0 Å². The number of aromatic nitrogens is 1. The molecule has 0 fully saturated rings. The van der Waals surface area contributed by atoms with E-state index in [2.05, 4.69) is 27.1 Å². The van der Waals surface area contributed by atoms with Crippen molar-refractivity contribution in [1.29, 1.82) is 0 Å². The Morgan fingerprint density at radius 3 is 2.62 bits per heavy atom. The number of halogens is 1. The van der Waals surface area contributed by atoms with Crippen molar-refractivity contribution in [3.05, 3.63) is 29.0 Å². The number of pyridine rings is 1. The van der Waals surface area contributed by atoms with Crippen LogP contribution in [0.4, 0.5) is 0 Å². The molecule has 0 aliphatic rings. The standard InChI is InChI=1S/C5H3BrN.K.H/c6-5-2-1-3-7-4-5;;/h1-2,4H;;. The van der Waals surface area contributed by atoms with Gasteiger partial charge < -0.3 is 0 Å². The third-order valence-corrected chi connectivity index (χ3v) is 1.05. The molecule has 0 bridgehead atoms. The molecular weight excluding hydrogens is 193 g/mol. The normalized spacial score (nSPS) is 7.62. The van der Waals surface area contributed by atoms with E-state index in [9.17, 15) is 0 Å². The van der Waals surface area contributed by atoms with Gasteiger partial charge in [0, 0.05) is 10.7 Å².